The summed E-state index contributed by atoms with van der Waals surface area (Å²) in [6, 6.07) is 14.8. The number of nitrogens with one attached hydrogen (secondary N) is 1. The summed E-state index contributed by atoms with van der Waals surface area (Å²) < 4.78 is 5.06. The number of esters is 1. The third-order valence-corrected chi connectivity index (χ3v) is 3.96. The maximum Gasteiger partial charge on any atom is 0.307 e. The van der Waals surface area contributed by atoms with Crippen LogP contribution in [0.5, 0.6) is 0 Å². The zero-order valence-electron chi connectivity index (χ0n) is 14.6. The maximum absolute atomic E-state index is 12.1. The lowest BCUT2D eigenvalue weighted by molar-refractivity contribution is -0.153. The van der Waals surface area contributed by atoms with Crippen LogP contribution in [0.25, 0.3) is 0 Å². The number of carbonyl (C=O) groups excluding carboxylic acids is 3. The van der Waals surface area contributed by atoms with Gasteiger partial charge in [-0.2, -0.15) is 5.26 Å². The van der Waals surface area contributed by atoms with Gasteiger partial charge in [-0.05, 0) is 43.3 Å². The Morgan fingerprint density at radius 2 is 1.78 bits per heavy atom. The average Bonchev–Trinajstić information content (AvgIpc) is 2.67. The second-order valence-corrected chi connectivity index (χ2v) is 6.15. The molecule has 2 aromatic rings. The number of carbonyl (C=O) groups is 3. The van der Waals surface area contributed by atoms with Gasteiger partial charge in [0.15, 0.2) is 11.9 Å². The van der Waals surface area contributed by atoms with Crippen molar-refractivity contribution in [2.75, 3.05) is 5.32 Å². The van der Waals surface area contributed by atoms with Crippen molar-refractivity contribution < 1.29 is 19.1 Å². The highest BCUT2D eigenvalue weighted by molar-refractivity contribution is 6.30. The third kappa shape index (κ3) is 5.94. The number of hydrogen-bond acceptors (Lipinski definition) is 5. The summed E-state index contributed by atoms with van der Waals surface area (Å²) in [6.45, 7) is 1.42. The van der Waals surface area contributed by atoms with Crippen LogP contribution in [-0.2, 0) is 14.3 Å². The Kier molecular flexibility index (Phi) is 7.09. The monoisotopic (exact) mass is 384 g/mol. The van der Waals surface area contributed by atoms with Crippen LogP contribution < -0.4 is 5.32 Å². The molecule has 27 heavy (non-hydrogen) atoms. The van der Waals surface area contributed by atoms with Gasteiger partial charge in [0.1, 0.15) is 6.07 Å². The number of benzene rings is 2. The van der Waals surface area contributed by atoms with E-state index in [-0.39, 0.29) is 18.6 Å². The number of amides is 1. The fourth-order valence-corrected chi connectivity index (χ4v) is 2.36. The van der Waals surface area contributed by atoms with Crippen molar-refractivity contribution in [3.8, 4) is 6.07 Å². The Labute approximate surface area is 161 Å². The molecular formula is C20H17ClN2O4. The SMILES string of the molecule is C[C@H](OC(=O)CCC(=O)c1ccc(Cl)cc1)C(=O)Nc1ccccc1C#N. The van der Waals surface area contributed by atoms with Crippen LogP contribution in [-0.4, -0.2) is 23.8 Å². The predicted molar refractivity (Wildman–Crippen MR) is 100 cm³/mol. The second kappa shape index (κ2) is 9.51. The molecule has 0 aliphatic rings. The zero-order chi connectivity index (χ0) is 19.8. The molecule has 1 N–H and O–H groups in total. The van der Waals surface area contributed by atoms with Crippen molar-refractivity contribution in [1.29, 1.82) is 5.26 Å². The lowest BCUT2D eigenvalue weighted by Gasteiger charge is -2.14. The summed E-state index contributed by atoms with van der Waals surface area (Å²) in [5.74, 6) is -1.44. The molecule has 0 unspecified atom stereocenters. The lowest BCUT2D eigenvalue weighted by atomic mass is 10.1. The summed E-state index contributed by atoms with van der Waals surface area (Å²) in [5.41, 5.74) is 1.09. The van der Waals surface area contributed by atoms with Gasteiger partial charge in [-0.25, -0.2) is 0 Å². The molecule has 0 saturated heterocycles. The average molecular weight is 385 g/mol. The fraction of sp³-hybridized carbons (Fsp3) is 0.200. The molecule has 1 amide bonds. The lowest BCUT2D eigenvalue weighted by Crippen LogP contribution is -2.30. The first kappa shape index (κ1) is 20.1. The van der Waals surface area contributed by atoms with E-state index in [9.17, 15) is 14.4 Å². The number of hydrogen-bond donors (Lipinski definition) is 1. The van der Waals surface area contributed by atoms with Gasteiger partial charge < -0.3 is 10.1 Å². The smallest absolute Gasteiger partial charge is 0.307 e. The molecule has 0 aliphatic carbocycles. The van der Waals surface area contributed by atoms with Crippen LogP contribution in [0.3, 0.4) is 0 Å². The number of ether oxygens (including phenoxy) is 1. The molecule has 1 atom stereocenters. The van der Waals surface area contributed by atoms with Crippen LogP contribution in [0, 0.1) is 11.3 Å². The first-order chi connectivity index (χ1) is 12.9. The normalized spacial score (nSPS) is 11.1. The van der Waals surface area contributed by atoms with Crippen LogP contribution in [0.2, 0.25) is 5.02 Å². The Balaban J connectivity index is 1.84. The molecule has 0 fully saturated rings. The summed E-state index contributed by atoms with van der Waals surface area (Å²) in [6.07, 6.45) is -1.24. The van der Waals surface area contributed by atoms with Crippen LogP contribution in [0.4, 0.5) is 5.69 Å². The molecule has 138 valence electrons. The number of anilines is 1. The molecule has 0 saturated carbocycles. The van der Waals surface area contributed by atoms with Gasteiger partial charge in [0.25, 0.3) is 5.91 Å². The zero-order valence-corrected chi connectivity index (χ0v) is 15.3. The first-order valence-corrected chi connectivity index (χ1v) is 8.56. The van der Waals surface area contributed by atoms with E-state index in [1.54, 1.807) is 48.5 Å². The Morgan fingerprint density at radius 3 is 2.44 bits per heavy atom. The number of rotatable bonds is 7. The van der Waals surface area contributed by atoms with Gasteiger partial charge >= 0.3 is 5.97 Å². The van der Waals surface area contributed by atoms with Crippen LogP contribution >= 0.6 is 11.6 Å². The van der Waals surface area contributed by atoms with Crippen molar-refractivity contribution >= 4 is 34.9 Å². The van der Waals surface area contributed by atoms with Crippen molar-refractivity contribution in [3.05, 3.63) is 64.7 Å². The first-order valence-electron chi connectivity index (χ1n) is 8.19. The molecule has 0 spiro atoms. The van der Waals surface area contributed by atoms with E-state index >= 15 is 0 Å². The molecule has 0 radical (unpaired) electrons. The van der Waals surface area contributed by atoms with E-state index in [0.717, 1.165) is 0 Å². The van der Waals surface area contributed by atoms with Crippen molar-refractivity contribution in [2.24, 2.45) is 0 Å². The van der Waals surface area contributed by atoms with E-state index < -0.39 is 18.0 Å². The van der Waals surface area contributed by atoms with E-state index in [4.69, 9.17) is 21.6 Å². The second-order valence-electron chi connectivity index (χ2n) is 5.71. The predicted octanol–water partition coefficient (Wildman–Crippen LogP) is 3.74. The van der Waals surface area contributed by atoms with Crippen LogP contribution in [0.1, 0.15) is 35.7 Å². The summed E-state index contributed by atoms with van der Waals surface area (Å²) in [7, 11) is 0. The van der Waals surface area contributed by atoms with Crippen molar-refractivity contribution in [2.45, 2.75) is 25.9 Å². The number of halogens is 1. The number of Topliss-reactive ketones (excluding diaryl/α,β-unsaturated/α-hetero) is 1. The Morgan fingerprint density at radius 1 is 1.11 bits per heavy atom. The largest absolute Gasteiger partial charge is 0.453 e. The van der Waals surface area contributed by atoms with Crippen molar-refractivity contribution in [3.63, 3.8) is 0 Å². The van der Waals surface area contributed by atoms with Crippen molar-refractivity contribution in [1.82, 2.24) is 0 Å². The molecule has 2 aromatic carbocycles. The minimum absolute atomic E-state index is 0.0356. The minimum Gasteiger partial charge on any atom is -0.453 e. The quantitative estimate of drug-likeness (QED) is 0.579. The molecule has 0 aromatic heterocycles. The van der Waals surface area contributed by atoms with Gasteiger partial charge in [-0.1, -0.05) is 23.7 Å². The summed E-state index contributed by atoms with van der Waals surface area (Å²) >= 11 is 5.77. The van der Waals surface area contributed by atoms with E-state index in [1.807, 2.05) is 6.07 Å². The van der Waals surface area contributed by atoms with E-state index in [0.29, 0.717) is 21.8 Å². The van der Waals surface area contributed by atoms with Gasteiger partial charge in [0.2, 0.25) is 0 Å². The highest BCUT2D eigenvalue weighted by Crippen LogP contribution is 2.15. The van der Waals surface area contributed by atoms with E-state index in [2.05, 4.69) is 5.32 Å². The number of nitrogens with zero attached hydrogens (tertiary/aromatic N) is 1. The molecule has 7 heteroatoms. The fourth-order valence-electron chi connectivity index (χ4n) is 2.23. The van der Waals surface area contributed by atoms with Gasteiger partial charge in [-0.15, -0.1) is 0 Å². The maximum atomic E-state index is 12.1. The molecule has 6 nitrogen and oxygen atoms in total. The minimum atomic E-state index is -1.06. The number of para-hydroxylation sites is 1. The van der Waals surface area contributed by atoms with Gasteiger partial charge in [-0.3, -0.25) is 14.4 Å². The standard InChI is InChI=1S/C20H17ClN2O4/c1-13(20(26)23-17-5-3-2-4-15(17)12-22)27-19(25)11-10-18(24)14-6-8-16(21)9-7-14/h2-9,13H,10-11H2,1H3,(H,23,26)/t13-/m0/s1. The highest BCUT2D eigenvalue weighted by Gasteiger charge is 2.19. The third-order valence-electron chi connectivity index (χ3n) is 3.71. The van der Waals surface area contributed by atoms with Gasteiger partial charge in [0.05, 0.1) is 17.7 Å². The number of ketones is 1. The highest BCUT2D eigenvalue weighted by atomic mass is 35.5. The Bertz CT molecular complexity index is 888. The summed E-state index contributed by atoms with van der Waals surface area (Å²) in [4.78, 5) is 36.1. The molecule has 2 rings (SSSR count). The summed E-state index contributed by atoms with van der Waals surface area (Å²) in [5, 5.41) is 12.1. The molecule has 0 aliphatic heterocycles. The van der Waals surface area contributed by atoms with E-state index in [1.165, 1.54) is 6.92 Å². The molecular weight excluding hydrogens is 368 g/mol. The number of nitriles is 1. The molecule has 0 heterocycles. The topological polar surface area (TPSA) is 96.3 Å². The Hall–Kier alpha value is -3.17. The molecule has 0 bridgehead atoms. The van der Waals surface area contributed by atoms with Gasteiger partial charge in [0, 0.05) is 17.0 Å². The van der Waals surface area contributed by atoms with Crippen LogP contribution in [0.15, 0.2) is 48.5 Å².